The largest absolute Gasteiger partial charge is 0.457 e. The molecule has 3 heterocycles. The second kappa shape index (κ2) is 8.83. The summed E-state index contributed by atoms with van der Waals surface area (Å²) < 4.78 is 12.5. The molecule has 0 bridgehead atoms. The van der Waals surface area contributed by atoms with Crippen molar-refractivity contribution in [3.8, 4) is 0 Å². The second-order valence-corrected chi connectivity index (χ2v) is 9.16. The minimum Gasteiger partial charge on any atom is -0.457 e. The van der Waals surface area contributed by atoms with E-state index < -0.39 is 29.3 Å². The quantitative estimate of drug-likeness (QED) is 0.509. The van der Waals surface area contributed by atoms with Crippen LogP contribution < -0.4 is 10.9 Å². The summed E-state index contributed by atoms with van der Waals surface area (Å²) in [6.07, 6.45) is 3.43. The van der Waals surface area contributed by atoms with Crippen LogP contribution in [0.2, 0.25) is 0 Å². The van der Waals surface area contributed by atoms with E-state index in [2.05, 4.69) is 15.3 Å². The van der Waals surface area contributed by atoms with Crippen molar-refractivity contribution < 1.29 is 24.2 Å². The summed E-state index contributed by atoms with van der Waals surface area (Å²) in [4.78, 5) is 46.9. The summed E-state index contributed by atoms with van der Waals surface area (Å²) in [6, 6.07) is -0.765. The molecule has 10 nitrogen and oxygen atoms in total. The van der Waals surface area contributed by atoms with Gasteiger partial charge in [0, 0.05) is 25.1 Å². The summed E-state index contributed by atoms with van der Waals surface area (Å²) in [6.45, 7) is 6.97. The summed E-state index contributed by atoms with van der Waals surface area (Å²) in [7, 11) is 0. The van der Waals surface area contributed by atoms with Crippen molar-refractivity contribution in [1.29, 1.82) is 0 Å². The number of pyridine rings is 1. The van der Waals surface area contributed by atoms with Crippen LogP contribution in [0.3, 0.4) is 0 Å². The van der Waals surface area contributed by atoms with Crippen LogP contribution in [-0.4, -0.2) is 62.4 Å². The molecular formula is C23H30N4O6. The number of hydrogen-bond donors (Lipinski definition) is 2. The molecule has 0 spiro atoms. The third kappa shape index (κ3) is 4.24. The minimum absolute atomic E-state index is 0.0868. The lowest BCUT2D eigenvalue weighted by atomic mass is 9.97. The normalized spacial score (nSPS) is 27.5. The third-order valence-corrected chi connectivity index (χ3v) is 6.75. The number of hydrogen-bond acceptors (Lipinski definition) is 9. The number of nitrogens with one attached hydrogen (secondary N) is 1. The maximum Gasteiger partial charge on any atom is 0.303 e. The van der Waals surface area contributed by atoms with Crippen LogP contribution in [0.5, 0.6) is 0 Å². The Kier molecular flexibility index (Phi) is 6.24. The van der Waals surface area contributed by atoms with Crippen molar-refractivity contribution in [1.82, 2.24) is 14.5 Å². The lowest BCUT2D eigenvalue weighted by Crippen LogP contribution is -2.43. The van der Waals surface area contributed by atoms with Crippen molar-refractivity contribution in [3.63, 3.8) is 0 Å². The number of aliphatic hydroxyl groups excluding tert-OH is 1. The summed E-state index contributed by atoms with van der Waals surface area (Å²) in [5, 5.41) is 14.0. The topological polar surface area (TPSA) is 133 Å². The van der Waals surface area contributed by atoms with Gasteiger partial charge in [-0.25, -0.2) is 4.98 Å². The van der Waals surface area contributed by atoms with Gasteiger partial charge >= 0.3 is 5.97 Å². The van der Waals surface area contributed by atoms with Gasteiger partial charge in [0.1, 0.15) is 11.2 Å². The number of carbonyl (C=O) groups is 2. The van der Waals surface area contributed by atoms with E-state index in [0.717, 1.165) is 6.42 Å². The number of fused-ring (bicyclic) bond motifs is 1. The van der Waals surface area contributed by atoms with Gasteiger partial charge in [0.05, 0.1) is 30.4 Å². The van der Waals surface area contributed by atoms with Crippen molar-refractivity contribution in [2.75, 3.05) is 18.5 Å². The van der Waals surface area contributed by atoms with Gasteiger partial charge in [0.2, 0.25) is 5.95 Å². The van der Waals surface area contributed by atoms with Crippen LogP contribution in [0, 0.1) is 6.92 Å². The maximum absolute atomic E-state index is 13.6. The highest BCUT2D eigenvalue weighted by molar-refractivity contribution is 5.99. The lowest BCUT2D eigenvalue weighted by Gasteiger charge is -2.33. The minimum atomic E-state index is -0.901. The molecule has 0 radical (unpaired) electrons. The first-order valence-corrected chi connectivity index (χ1v) is 11.3. The first-order valence-electron chi connectivity index (χ1n) is 11.3. The third-order valence-electron chi connectivity index (χ3n) is 6.75. The molecule has 2 aliphatic rings. The molecule has 4 atom stereocenters. The molecule has 2 N–H and O–H groups in total. The molecule has 1 aliphatic carbocycles. The fourth-order valence-electron chi connectivity index (χ4n) is 5.13. The van der Waals surface area contributed by atoms with Gasteiger partial charge < -0.3 is 19.9 Å². The number of Topliss-reactive ketones (excluding diaryl/α,β-unsaturated/α-hetero) is 1. The molecule has 33 heavy (non-hydrogen) atoms. The Labute approximate surface area is 191 Å². The Morgan fingerprint density at radius 2 is 2.09 bits per heavy atom. The van der Waals surface area contributed by atoms with Crippen LogP contribution in [-0.2, 0) is 14.3 Å². The molecule has 0 unspecified atom stereocenters. The Morgan fingerprint density at radius 1 is 1.33 bits per heavy atom. The highest BCUT2D eigenvalue weighted by atomic mass is 16.6. The van der Waals surface area contributed by atoms with E-state index in [1.54, 1.807) is 13.1 Å². The van der Waals surface area contributed by atoms with Crippen molar-refractivity contribution in [2.24, 2.45) is 0 Å². The SMILES string of the molecule is CC(=O)O[C@@]1(C)CCC[C@@H]1n1c(=O)c(C(C)=O)c(C)c2cnc(N[C@@H]3CCOC[C@H]3O)nc21. The van der Waals surface area contributed by atoms with Gasteiger partial charge in [-0.2, -0.15) is 4.98 Å². The number of ketones is 1. The average Bonchev–Trinajstić information content (AvgIpc) is 3.09. The number of aliphatic hydroxyl groups is 1. The Hall–Kier alpha value is -2.85. The van der Waals surface area contributed by atoms with Crippen molar-refractivity contribution in [3.05, 3.63) is 27.7 Å². The zero-order valence-corrected chi connectivity index (χ0v) is 19.4. The first-order chi connectivity index (χ1) is 15.6. The Bertz CT molecular complexity index is 1160. The number of aryl methyl sites for hydroxylation is 1. The maximum atomic E-state index is 13.6. The van der Waals surface area contributed by atoms with Crippen LogP contribution in [0.25, 0.3) is 11.0 Å². The highest BCUT2D eigenvalue weighted by Gasteiger charge is 2.44. The molecule has 4 rings (SSSR count). The first kappa shape index (κ1) is 23.3. The molecule has 10 heteroatoms. The van der Waals surface area contributed by atoms with Gasteiger partial charge in [0.15, 0.2) is 5.78 Å². The molecular weight excluding hydrogens is 428 g/mol. The van der Waals surface area contributed by atoms with Gasteiger partial charge in [-0.1, -0.05) is 0 Å². The van der Waals surface area contributed by atoms with E-state index in [1.165, 1.54) is 18.4 Å². The molecule has 178 valence electrons. The van der Waals surface area contributed by atoms with E-state index in [4.69, 9.17) is 9.47 Å². The number of carbonyl (C=O) groups excluding carboxylic acids is 2. The van der Waals surface area contributed by atoms with Crippen LogP contribution in [0.1, 0.15) is 68.4 Å². The molecule has 1 aliphatic heterocycles. The number of esters is 1. The van der Waals surface area contributed by atoms with E-state index in [0.29, 0.717) is 42.5 Å². The summed E-state index contributed by atoms with van der Waals surface area (Å²) >= 11 is 0. The molecule has 2 aromatic heterocycles. The Morgan fingerprint density at radius 3 is 2.76 bits per heavy atom. The number of rotatable bonds is 5. The highest BCUT2D eigenvalue weighted by Crippen LogP contribution is 2.42. The van der Waals surface area contributed by atoms with E-state index in [9.17, 15) is 19.5 Å². The summed E-state index contributed by atoms with van der Waals surface area (Å²) in [5.74, 6) is -0.497. The average molecular weight is 459 g/mol. The predicted molar refractivity (Wildman–Crippen MR) is 120 cm³/mol. The molecule has 1 saturated heterocycles. The number of nitrogens with zero attached hydrogens (tertiary/aromatic N) is 3. The fraction of sp³-hybridized carbons (Fsp3) is 0.609. The van der Waals surface area contributed by atoms with E-state index in [1.807, 2.05) is 6.92 Å². The van der Waals surface area contributed by atoms with Crippen molar-refractivity contribution in [2.45, 2.75) is 77.2 Å². The lowest BCUT2D eigenvalue weighted by molar-refractivity contribution is -0.158. The van der Waals surface area contributed by atoms with Gasteiger partial charge in [-0.15, -0.1) is 0 Å². The monoisotopic (exact) mass is 458 g/mol. The van der Waals surface area contributed by atoms with Gasteiger partial charge in [-0.3, -0.25) is 19.0 Å². The second-order valence-electron chi connectivity index (χ2n) is 9.16. The molecule has 0 amide bonds. The standard InChI is InChI=1S/C23H30N4O6/c1-12-15-10-24-22(25-16-7-9-32-11-17(16)30)26-20(15)27(21(31)19(12)13(2)28)18-6-5-8-23(18,4)33-14(3)29/h10,16-18,30H,5-9,11H2,1-4H3,(H,24,25,26)/t16-,17-,18+,23+/m1/s1. The summed E-state index contributed by atoms with van der Waals surface area (Å²) in [5.41, 5.74) is -0.380. The molecule has 1 saturated carbocycles. The van der Waals surface area contributed by atoms with Crippen molar-refractivity contribution >= 4 is 28.7 Å². The fourth-order valence-corrected chi connectivity index (χ4v) is 5.13. The zero-order valence-electron chi connectivity index (χ0n) is 19.4. The van der Waals surface area contributed by atoms with Gasteiger partial charge in [-0.05, 0) is 52.0 Å². The molecule has 0 aromatic carbocycles. The smallest absolute Gasteiger partial charge is 0.303 e. The number of aromatic nitrogens is 3. The zero-order chi connectivity index (χ0) is 23.9. The molecule has 2 fully saturated rings. The van der Waals surface area contributed by atoms with Crippen LogP contribution in [0.4, 0.5) is 5.95 Å². The predicted octanol–water partition coefficient (Wildman–Crippen LogP) is 1.91. The number of ether oxygens (including phenoxy) is 2. The van der Waals surface area contributed by atoms with E-state index in [-0.39, 0.29) is 29.9 Å². The van der Waals surface area contributed by atoms with E-state index >= 15 is 0 Å². The van der Waals surface area contributed by atoms with Crippen LogP contribution >= 0.6 is 0 Å². The Balaban J connectivity index is 1.90. The molecule has 2 aromatic rings. The number of anilines is 1. The van der Waals surface area contributed by atoms with Gasteiger partial charge in [0.25, 0.3) is 5.56 Å². The van der Waals surface area contributed by atoms with Crippen LogP contribution in [0.15, 0.2) is 11.0 Å².